The molecule has 0 unspecified atom stereocenters. The Hall–Kier alpha value is -2.13. The third kappa shape index (κ3) is 6.97. The summed E-state index contributed by atoms with van der Waals surface area (Å²) in [6, 6.07) is 5.27. The third-order valence-electron chi connectivity index (χ3n) is 2.34. The Morgan fingerprint density at radius 2 is 1.75 bits per heavy atom. The zero-order chi connectivity index (χ0) is 18.3. The highest BCUT2D eigenvalue weighted by Gasteiger charge is 2.14. The third-order valence-corrected chi connectivity index (χ3v) is 3.76. The zero-order valence-electron chi connectivity index (χ0n) is 12.0. The molecule has 1 heterocycles. The predicted octanol–water partition coefficient (Wildman–Crippen LogP) is 2.68. The van der Waals surface area contributed by atoms with Gasteiger partial charge in [-0.1, -0.05) is 23.2 Å². The number of halogens is 2. The fourth-order valence-electron chi connectivity index (χ4n) is 1.46. The molecule has 7 nitrogen and oxygen atoms in total. The topological polar surface area (TPSA) is 130 Å². The lowest BCUT2D eigenvalue weighted by Crippen LogP contribution is -2.21. The maximum atomic E-state index is 9.55. The molecular formula is C14H13Cl2N3O4S. The Morgan fingerprint density at radius 1 is 1.17 bits per heavy atom. The number of benzene rings is 1. The largest absolute Gasteiger partial charge is 0.478 e. The van der Waals surface area contributed by atoms with Crippen LogP contribution in [0.2, 0.25) is 10.0 Å². The van der Waals surface area contributed by atoms with Crippen molar-refractivity contribution in [3.8, 4) is 0 Å². The first kappa shape index (κ1) is 19.9. The van der Waals surface area contributed by atoms with Crippen LogP contribution in [0.4, 0.5) is 0 Å². The predicted molar refractivity (Wildman–Crippen MR) is 94.7 cm³/mol. The van der Waals surface area contributed by atoms with E-state index in [0.29, 0.717) is 27.9 Å². The molecule has 0 bridgehead atoms. The number of carboxylic acids is 2. The van der Waals surface area contributed by atoms with E-state index in [0.717, 1.165) is 10.5 Å². The summed E-state index contributed by atoms with van der Waals surface area (Å²) in [6.07, 6.45) is 4.56. The van der Waals surface area contributed by atoms with E-state index in [1.807, 2.05) is 6.08 Å². The van der Waals surface area contributed by atoms with Gasteiger partial charge in [-0.05, 0) is 24.3 Å². The van der Waals surface area contributed by atoms with Gasteiger partial charge in [-0.15, -0.1) is 0 Å². The summed E-state index contributed by atoms with van der Waals surface area (Å²) in [4.78, 5) is 20.0. The summed E-state index contributed by atoms with van der Waals surface area (Å²) in [5, 5.41) is 16.9. The lowest BCUT2D eigenvalue weighted by atomic mass is 10.2. The molecule has 0 saturated carbocycles. The number of carboxylic acid groups (broad SMARTS) is 2. The molecule has 0 spiro atoms. The molecule has 0 radical (unpaired) electrons. The van der Waals surface area contributed by atoms with Crippen molar-refractivity contribution in [3.05, 3.63) is 63.9 Å². The quantitative estimate of drug-likeness (QED) is 0.352. The maximum Gasteiger partial charge on any atom is 0.328 e. The molecular weight excluding hydrogens is 377 g/mol. The first-order valence-corrected chi connectivity index (χ1v) is 7.72. The molecule has 0 fully saturated rings. The number of hydrogen-bond acceptors (Lipinski definition) is 6. The fourth-order valence-corrected chi connectivity index (χ4v) is 2.76. The van der Waals surface area contributed by atoms with Gasteiger partial charge < -0.3 is 15.9 Å². The Kier molecular flexibility index (Phi) is 7.66. The average molecular weight is 390 g/mol. The van der Waals surface area contributed by atoms with Crippen molar-refractivity contribution in [3.63, 3.8) is 0 Å². The van der Waals surface area contributed by atoms with Gasteiger partial charge in [0.05, 0.1) is 11.9 Å². The highest BCUT2D eigenvalue weighted by atomic mass is 35.5. The van der Waals surface area contributed by atoms with Gasteiger partial charge in [-0.3, -0.25) is 4.41 Å². The molecule has 0 aromatic heterocycles. The average Bonchev–Trinajstić information content (AvgIpc) is 2.47. The number of allylic oxidation sites excluding steroid dienone is 1. The van der Waals surface area contributed by atoms with Gasteiger partial charge in [-0.25, -0.2) is 15.4 Å². The van der Waals surface area contributed by atoms with Gasteiger partial charge in [0.1, 0.15) is 0 Å². The minimum absolute atomic E-state index is 0.558. The van der Waals surface area contributed by atoms with Gasteiger partial charge in [0.25, 0.3) is 0 Å². The van der Waals surface area contributed by atoms with E-state index < -0.39 is 11.9 Å². The maximum absolute atomic E-state index is 9.55. The molecule has 6 N–H and O–H groups in total. The Morgan fingerprint density at radius 3 is 2.25 bits per heavy atom. The van der Waals surface area contributed by atoms with E-state index in [9.17, 15) is 9.59 Å². The van der Waals surface area contributed by atoms with Gasteiger partial charge in [-0.2, -0.15) is 0 Å². The second kappa shape index (κ2) is 9.24. The molecule has 1 aromatic carbocycles. The van der Waals surface area contributed by atoms with E-state index in [2.05, 4.69) is 0 Å². The van der Waals surface area contributed by atoms with Crippen LogP contribution in [0.5, 0.6) is 0 Å². The minimum atomic E-state index is -1.26. The van der Waals surface area contributed by atoms with Crippen molar-refractivity contribution < 1.29 is 19.8 Å². The monoisotopic (exact) mass is 389 g/mol. The lowest BCUT2D eigenvalue weighted by molar-refractivity contribution is -0.134. The van der Waals surface area contributed by atoms with Crippen molar-refractivity contribution in [2.75, 3.05) is 0 Å². The summed E-state index contributed by atoms with van der Waals surface area (Å²) >= 11 is 13.4. The molecule has 0 amide bonds. The van der Waals surface area contributed by atoms with Crippen LogP contribution in [-0.4, -0.2) is 26.6 Å². The molecule has 2 rings (SSSR count). The van der Waals surface area contributed by atoms with Crippen molar-refractivity contribution >= 4 is 52.0 Å². The molecule has 0 atom stereocenters. The number of aliphatic carboxylic acids is 2. The number of hydrazine groups is 1. The smallest absolute Gasteiger partial charge is 0.328 e. The van der Waals surface area contributed by atoms with E-state index in [1.165, 1.54) is 16.4 Å². The first-order chi connectivity index (χ1) is 11.2. The van der Waals surface area contributed by atoms with Crippen molar-refractivity contribution in [1.29, 1.82) is 0 Å². The summed E-state index contributed by atoms with van der Waals surface area (Å²) in [5.74, 6) is 3.15. The van der Waals surface area contributed by atoms with E-state index >= 15 is 0 Å². The zero-order valence-corrected chi connectivity index (χ0v) is 14.3. The Balaban J connectivity index is 0.000000307. The van der Waals surface area contributed by atoms with Crippen molar-refractivity contribution in [1.82, 2.24) is 4.41 Å². The summed E-state index contributed by atoms with van der Waals surface area (Å²) in [7, 11) is 0. The molecule has 1 aromatic rings. The van der Waals surface area contributed by atoms with Gasteiger partial charge in [0.15, 0.2) is 0 Å². The molecule has 0 aliphatic carbocycles. The lowest BCUT2D eigenvalue weighted by Gasteiger charge is -2.20. The summed E-state index contributed by atoms with van der Waals surface area (Å²) < 4.78 is 1.43. The van der Waals surface area contributed by atoms with Crippen LogP contribution in [0.1, 0.15) is 5.56 Å². The molecule has 1 aliphatic heterocycles. The van der Waals surface area contributed by atoms with Crippen LogP contribution in [0.25, 0.3) is 4.91 Å². The second-order valence-corrected chi connectivity index (χ2v) is 6.11. The van der Waals surface area contributed by atoms with Crippen LogP contribution in [0.3, 0.4) is 0 Å². The minimum Gasteiger partial charge on any atom is -0.478 e. The van der Waals surface area contributed by atoms with Crippen molar-refractivity contribution in [2.45, 2.75) is 0 Å². The summed E-state index contributed by atoms with van der Waals surface area (Å²) in [6.45, 7) is 0. The normalized spacial score (nSPS) is 13.7. The molecule has 1 aliphatic rings. The Bertz CT molecular complexity index is 719. The van der Waals surface area contributed by atoms with Gasteiger partial charge in [0, 0.05) is 44.6 Å². The SMILES string of the molecule is NC1=CN(N)SC(c2cc(Cl)ccc2Cl)=C1.O=C(O)/C=C\C(=O)O. The van der Waals surface area contributed by atoms with Crippen LogP contribution >= 0.6 is 35.1 Å². The number of hydrogen-bond donors (Lipinski definition) is 4. The number of rotatable bonds is 3. The molecule has 10 heteroatoms. The number of nitrogens with two attached hydrogens (primary N) is 2. The van der Waals surface area contributed by atoms with Crippen molar-refractivity contribution in [2.24, 2.45) is 11.6 Å². The molecule has 128 valence electrons. The number of carbonyl (C=O) groups is 2. The second-order valence-electron chi connectivity index (χ2n) is 4.22. The standard InChI is InChI=1S/C10H9Cl2N3S.C4H4O4/c11-6-1-2-9(12)8(3-6)10-4-7(13)5-15(14)16-10;5-3(6)1-2-4(7)8/h1-5H,13-14H2;1-2H,(H,5,6)(H,7,8)/b;2-1-. The van der Waals surface area contributed by atoms with Gasteiger partial charge in [0.2, 0.25) is 0 Å². The van der Waals surface area contributed by atoms with Crippen LogP contribution in [0, 0.1) is 0 Å². The first-order valence-electron chi connectivity index (χ1n) is 6.19. The number of nitrogens with zero attached hydrogens (tertiary/aromatic N) is 1. The van der Waals surface area contributed by atoms with Crippen LogP contribution < -0.4 is 11.6 Å². The van der Waals surface area contributed by atoms with Crippen LogP contribution in [-0.2, 0) is 9.59 Å². The highest BCUT2D eigenvalue weighted by molar-refractivity contribution is 8.06. The van der Waals surface area contributed by atoms with E-state index in [-0.39, 0.29) is 0 Å². The summed E-state index contributed by atoms with van der Waals surface area (Å²) in [5.41, 5.74) is 7.12. The van der Waals surface area contributed by atoms with E-state index in [4.69, 9.17) is 45.0 Å². The highest BCUT2D eigenvalue weighted by Crippen LogP contribution is 2.37. The van der Waals surface area contributed by atoms with Crippen LogP contribution in [0.15, 0.2) is 48.3 Å². The molecule has 0 saturated heterocycles. The Labute approximate surface area is 151 Å². The van der Waals surface area contributed by atoms with Gasteiger partial charge >= 0.3 is 11.9 Å². The fraction of sp³-hybridized carbons (Fsp3) is 0. The molecule has 24 heavy (non-hydrogen) atoms. The van der Waals surface area contributed by atoms with E-state index in [1.54, 1.807) is 24.4 Å².